The molecule has 1 aliphatic heterocycles. The third kappa shape index (κ3) is 3.40. The zero-order valence-corrected chi connectivity index (χ0v) is 12.8. The van der Waals surface area contributed by atoms with Crippen molar-refractivity contribution < 1.29 is 0 Å². The normalized spacial score (nSPS) is 15.8. The third-order valence-corrected chi connectivity index (χ3v) is 5.32. The van der Waals surface area contributed by atoms with Gasteiger partial charge in [-0.25, -0.2) is 0 Å². The highest BCUT2D eigenvalue weighted by molar-refractivity contribution is 8.09. The summed E-state index contributed by atoms with van der Waals surface area (Å²) in [6, 6.07) is 21.2. The molecule has 0 atom stereocenters. The monoisotopic (exact) mass is 296 g/mol. The molecule has 1 aliphatic rings. The molecule has 0 aromatic heterocycles. The summed E-state index contributed by atoms with van der Waals surface area (Å²) in [6.45, 7) is 0. The molecule has 0 nitrogen and oxygen atoms in total. The molecule has 0 N–H and O–H groups in total. The fraction of sp³-hybridized carbons (Fsp3) is 0.167. The summed E-state index contributed by atoms with van der Waals surface area (Å²) >= 11 is 3.84. The molecule has 0 amide bonds. The van der Waals surface area contributed by atoms with Gasteiger partial charge in [-0.1, -0.05) is 66.4 Å². The molecule has 2 aromatic carbocycles. The molecule has 0 saturated carbocycles. The standard InChI is InChI=1S/C18H16S2/c1-3-8-15(9-4-1)17-14-18(20-13-7-12-19-17)16-10-5-2-6-11-16/h1-6,8-11H,7,12-13H2. The predicted octanol–water partition coefficient (Wildman–Crippen LogP) is 5.54. The smallest absolute Gasteiger partial charge is 0.0577 e. The fourth-order valence-corrected chi connectivity index (χ4v) is 4.26. The lowest BCUT2D eigenvalue weighted by Crippen LogP contribution is -1.90. The van der Waals surface area contributed by atoms with Crippen LogP contribution in [0.25, 0.3) is 9.81 Å². The van der Waals surface area contributed by atoms with Crippen LogP contribution in [0.5, 0.6) is 0 Å². The molecule has 0 aliphatic carbocycles. The molecule has 0 saturated heterocycles. The van der Waals surface area contributed by atoms with Gasteiger partial charge in [-0.3, -0.25) is 0 Å². The number of hydrogen-bond donors (Lipinski definition) is 0. The lowest BCUT2D eigenvalue weighted by molar-refractivity contribution is 1.13. The Morgan fingerprint density at radius 2 is 1.10 bits per heavy atom. The first-order valence-corrected chi connectivity index (χ1v) is 8.78. The highest BCUT2D eigenvalue weighted by Gasteiger charge is 2.08. The second kappa shape index (κ2) is 6.90. The summed E-state index contributed by atoms with van der Waals surface area (Å²) < 4.78 is 0. The molecule has 3 rings (SSSR count). The average molecular weight is 296 g/mol. The first kappa shape index (κ1) is 13.6. The Bertz CT molecular complexity index is 569. The molecule has 2 aromatic rings. The van der Waals surface area contributed by atoms with Crippen LogP contribution in [0.1, 0.15) is 17.5 Å². The van der Waals surface area contributed by atoms with Gasteiger partial charge >= 0.3 is 0 Å². The van der Waals surface area contributed by atoms with Crippen molar-refractivity contribution in [2.45, 2.75) is 6.42 Å². The Morgan fingerprint density at radius 3 is 1.55 bits per heavy atom. The van der Waals surface area contributed by atoms with Crippen molar-refractivity contribution in [1.82, 2.24) is 0 Å². The number of thioether (sulfide) groups is 2. The molecular formula is C18H16S2. The van der Waals surface area contributed by atoms with Crippen molar-refractivity contribution in [3.63, 3.8) is 0 Å². The zero-order chi connectivity index (χ0) is 13.6. The van der Waals surface area contributed by atoms with E-state index >= 15 is 0 Å². The van der Waals surface area contributed by atoms with Gasteiger partial charge < -0.3 is 0 Å². The summed E-state index contributed by atoms with van der Waals surface area (Å²) in [5, 5.41) is 0. The third-order valence-electron chi connectivity index (χ3n) is 3.08. The number of hydrogen-bond acceptors (Lipinski definition) is 2. The van der Waals surface area contributed by atoms with Crippen LogP contribution in [-0.4, -0.2) is 11.5 Å². The summed E-state index contributed by atoms with van der Waals surface area (Å²) in [6.07, 6.45) is 1.24. The largest absolute Gasteiger partial charge is 0.117 e. The van der Waals surface area contributed by atoms with E-state index in [9.17, 15) is 0 Å². The Hall–Kier alpha value is -1.34. The molecular weight excluding hydrogens is 280 g/mol. The molecule has 2 heteroatoms. The number of rotatable bonds is 2. The highest BCUT2D eigenvalue weighted by atomic mass is 32.2. The van der Waals surface area contributed by atoms with Gasteiger partial charge in [0, 0.05) is 0 Å². The van der Waals surface area contributed by atoms with E-state index in [0.29, 0.717) is 0 Å². The maximum atomic E-state index is 3.65. The van der Waals surface area contributed by atoms with Crippen LogP contribution in [0.2, 0.25) is 0 Å². The predicted molar refractivity (Wildman–Crippen MR) is 92.7 cm³/mol. The minimum atomic E-state index is 1.17. The van der Waals surface area contributed by atoms with E-state index in [1.807, 2.05) is 23.5 Å². The summed E-state index contributed by atoms with van der Waals surface area (Å²) in [5.74, 6) is 2.35. The van der Waals surface area contributed by atoms with Crippen molar-refractivity contribution in [2.24, 2.45) is 0 Å². The zero-order valence-electron chi connectivity index (χ0n) is 11.2. The van der Waals surface area contributed by atoms with Gasteiger partial charge in [-0.2, -0.15) is 0 Å². The van der Waals surface area contributed by atoms with Gasteiger partial charge in [0.05, 0.1) is 9.81 Å². The van der Waals surface area contributed by atoms with Crippen LogP contribution in [0.15, 0.2) is 66.4 Å². The second-order valence-electron chi connectivity index (χ2n) is 4.57. The van der Waals surface area contributed by atoms with Crippen LogP contribution in [-0.2, 0) is 0 Å². The SMILES string of the molecule is C1=C(c2ccccc2)SCCCSC=1c1ccccc1. The lowest BCUT2D eigenvalue weighted by atomic mass is 10.2. The Balaban J connectivity index is 2.09. The van der Waals surface area contributed by atoms with Crippen molar-refractivity contribution >= 4 is 33.3 Å². The molecule has 0 radical (unpaired) electrons. The van der Waals surface area contributed by atoms with Crippen molar-refractivity contribution in [3.05, 3.63) is 77.5 Å². The van der Waals surface area contributed by atoms with Crippen molar-refractivity contribution in [2.75, 3.05) is 11.5 Å². The van der Waals surface area contributed by atoms with E-state index in [1.165, 1.54) is 38.9 Å². The summed E-state index contributed by atoms with van der Waals surface area (Å²) in [7, 11) is 0. The van der Waals surface area contributed by atoms with E-state index in [4.69, 9.17) is 0 Å². The minimum Gasteiger partial charge on any atom is -0.117 e. The van der Waals surface area contributed by atoms with E-state index in [2.05, 4.69) is 66.4 Å². The van der Waals surface area contributed by atoms with Crippen LogP contribution in [0.3, 0.4) is 0 Å². The van der Waals surface area contributed by atoms with E-state index in [0.717, 1.165) is 0 Å². The lowest BCUT2D eigenvalue weighted by Gasteiger charge is -2.11. The summed E-state index contributed by atoms with van der Waals surface area (Å²) in [5.41, 5.74) is 6.19. The molecule has 0 unspecified atom stereocenters. The highest BCUT2D eigenvalue weighted by Crippen LogP contribution is 2.35. The molecule has 20 heavy (non-hydrogen) atoms. The van der Waals surface area contributed by atoms with Crippen LogP contribution in [0.4, 0.5) is 0 Å². The maximum absolute atomic E-state index is 3.65. The minimum absolute atomic E-state index is 1.17. The van der Waals surface area contributed by atoms with E-state index < -0.39 is 0 Å². The van der Waals surface area contributed by atoms with Gasteiger partial charge in [0.25, 0.3) is 0 Å². The van der Waals surface area contributed by atoms with Crippen molar-refractivity contribution in [1.29, 1.82) is 0 Å². The van der Waals surface area contributed by atoms with Gasteiger partial charge in [0.15, 0.2) is 0 Å². The fourth-order valence-electron chi connectivity index (χ4n) is 2.07. The molecule has 1 heterocycles. The number of benzene rings is 2. The maximum Gasteiger partial charge on any atom is 0.0577 e. The molecule has 100 valence electrons. The van der Waals surface area contributed by atoms with Crippen LogP contribution >= 0.6 is 23.5 Å². The van der Waals surface area contributed by atoms with Gasteiger partial charge in [-0.15, -0.1) is 23.5 Å². The summed E-state index contributed by atoms with van der Waals surface area (Å²) in [4.78, 5) is 2.52. The Labute approximate surface area is 129 Å². The first-order valence-electron chi connectivity index (χ1n) is 6.81. The topological polar surface area (TPSA) is 0 Å². The van der Waals surface area contributed by atoms with E-state index in [-0.39, 0.29) is 0 Å². The second-order valence-corrected chi connectivity index (χ2v) is 6.78. The van der Waals surface area contributed by atoms with Crippen LogP contribution in [0, 0.1) is 0 Å². The molecule has 0 spiro atoms. The van der Waals surface area contributed by atoms with Crippen LogP contribution < -0.4 is 0 Å². The van der Waals surface area contributed by atoms with E-state index in [1.54, 1.807) is 0 Å². The Kier molecular flexibility index (Phi) is 4.70. The van der Waals surface area contributed by atoms with Crippen molar-refractivity contribution in [3.8, 4) is 0 Å². The average Bonchev–Trinajstić information content (AvgIpc) is 2.49. The molecule has 0 fully saturated rings. The van der Waals surface area contributed by atoms with Gasteiger partial charge in [-0.05, 0) is 29.1 Å². The van der Waals surface area contributed by atoms with Gasteiger partial charge in [0.2, 0.25) is 0 Å². The first-order chi connectivity index (χ1) is 9.93. The molecule has 0 bridgehead atoms. The quantitative estimate of drug-likeness (QED) is 0.668. The van der Waals surface area contributed by atoms with Gasteiger partial charge in [0.1, 0.15) is 0 Å². The Morgan fingerprint density at radius 1 is 0.650 bits per heavy atom.